The molecule has 4 rings (SSSR count). The van der Waals surface area contributed by atoms with Crippen molar-refractivity contribution in [1.82, 2.24) is 19.9 Å². The maximum Gasteiger partial charge on any atom is 0.316 e. The summed E-state index contributed by atoms with van der Waals surface area (Å²) in [5.74, 6) is 0.0873. The van der Waals surface area contributed by atoms with Crippen LogP contribution in [-0.2, 0) is 4.74 Å². The van der Waals surface area contributed by atoms with Crippen molar-refractivity contribution in [3.8, 4) is 6.01 Å². The molecule has 8 heteroatoms. The van der Waals surface area contributed by atoms with Crippen molar-refractivity contribution in [3.05, 3.63) is 36.7 Å². The molecule has 2 aliphatic heterocycles. The summed E-state index contributed by atoms with van der Waals surface area (Å²) < 4.78 is 24.7. The minimum atomic E-state index is -0.436. The second kappa shape index (κ2) is 5.69. The fourth-order valence-corrected chi connectivity index (χ4v) is 3.06. The average molecular weight is 317 g/mol. The lowest BCUT2D eigenvalue weighted by molar-refractivity contribution is -0.127. The molecule has 0 radical (unpaired) electrons. The third-order valence-electron chi connectivity index (χ3n) is 4.11. The van der Waals surface area contributed by atoms with E-state index in [0.29, 0.717) is 31.7 Å². The molecule has 23 heavy (non-hydrogen) atoms. The molecule has 0 amide bonds. The Bertz CT molecular complexity index is 663. The number of hydrogen-bond donors (Lipinski definition) is 0. The Hall–Kier alpha value is -2.35. The highest BCUT2D eigenvalue weighted by Crippen LogP contribution is 2.36. The van der Waals surface area contributed by atoms with Crippen LogP contribution < -0.4 is 9.64 Å². The number of hydrogen-bond acceptors (Lipinski definition) is 7. The lowest BCUT2D eigenvalue weighted by atomic mass is 9.85. The summed E-state index contributed by atoms with van der Waals surface area (Å²) in [6.45, 7) is 1.98. The van der Waals surface area contributed by atoms with E-state index in [1.165, 1.54) is 12.4 Å². The molecule has 0 N–H and O–H groups in total. The molecule has 2 aliphatic rings. The predicted octanol–water partition coefficient (Wildman–Crippen LogP) is 1.22. The summed E-state index contributed by atoms with van der Waals surface area (Å²) in [5, 5.41) is 0. The standard InChI is InChI=1S/C15H16FN5O2/c16-11-7-19-13(20-8-11)21-9-15(10-21)6-12(2-5-22-15)23-14-17-3-1-4-18-14/h1,3-4,7-8,12H,2,5-6,9-10H2/t12-/m1/s1. The summed E-state index contributed by atoms with van der Waals surface area (Å²) in [7, 11) is 0. The van der Waals surface area contributed by atoms with Crippen molar-refractivity contribution in [1.29, 1.82) is 0 Å². The molecule has 0 unspecified atom stereocenters. The molecule has 1 spiro atoms. The van der Waals surface area contributed by atoms with Gasteiger partial charge in [0.1, 0.15) is 11.7 Å². The smallest absolute Gasteiger partial charge is 0.316 e. The minimum absolute atomic E-state index is 0.0300. The maximum absolute atomic E-state index is 12.9. The fraction of sp³-hybridized carbons (Fsp3) is 0.467. The molecule has 2 aromatic rings. The predicted molar refractivity (Wildman–Crippen MR) is 78.6 cm³/mol. The first kappa shape index (κ1) is 14.3. The number of ether oxygens (including phenoxy) is 2. The number of anilines is 1. The van der Waals surface area contributed by atoms with Gasteiger partial charge in [0.15, 0.2) is 5.82 Å². The van der Waals surface area contributed by atoms with Crippen molar-refractivity contribution in [2.24, 2.45) is 0 Å². The van der Waals surface area contributed by atoms with Crippen LogP contribution in [0.2, 0.25) is 0 Å². The maximum atomic E-state index is 12.9. The van der Waals surface area contributed by atoms with Gasteiger partial charge in [-0.25, -0.2) is 24.3 Å². The molecule has 0 aliphatic carbocycles. The zero-order chi connectivity index (χ0) is 15.7. The first-order valence-electron chi connectivity index (χ1n) is 7.53. The summed E-state index contributed by atoms with van der Waals surface area (Å²) in [5.41, 5.74) is -0.255. The summed E-state index contributed by atoms with van der Waals surface area (Å²) in [6.07, 6.45) is 7.28. The molecule has 120 valence electrons. The Morgan fingerprint density at radius 2 is 1.91 bits per heavy atom. The van der Waals surface area contributed by atoms with Crippen LogP contribution in [0.15, 0.2) is 30.9 Å². The first-order chi connectivity index (χ1) is 11.2. The van der Waals surface area contributed by atoms with Crippen LogP contribution in [0.4, 0.5) is 10.3 Å². The monoisotopic (exact) mass is 317 g/mol. The molecule has 2 saturated heterocycles. The van der Waals surface area contributed by atoms with E-state index in [9.17, 15) is 4.39 Å². The second-order valence-electron chi connectivity index (χ2n) is 5.85. The SMILES string of the molecule is Fc1cnc(N2CC3(C[C@H](Oc4ncccn4)CCO3)C2)nc1. The number of halogens is 1. The summed E-state index contributed by atoms with van der Waals surface area (Å²) >= 11 is 0. The second-order valence-corrected chi connectivity index (χ2v) is 5.85. The van der Waals surface area contributed by atoms with E-state index in [4.69, 9.17) is 9.47 Å². The van der Waals surface area contributed by atoms with Gasteiger partial charge in [-0.15, -0.1) is 0 Å². The lowest BCUT2D eigenvalue weighted by Gasteiger charge is -2.52. The summed E-state index contributed by atoms with van der Waals surface area (Å²) in [6, 6.07) is 2.15. The van der Waals surface area contributed by atoms with Crippen LogP contribution in [0.1, 0.15) is 12.8 Å². The van der Waals surface area contributed by atoms with Crippen molar-refractivity contribution >= 4 is 5.95 Å². The van der Waals surface area contributed by atoms with Crippen LogP contribution in [0.25, 0.3) is 0 Å². The fourth-order valence-electron chi connectivity index (χ4n) is 3.06. The zero-order valence-corrected chi connectivity index (χ0v) is 12.4. The third-order valence-corrected chi connectivity index (χ3v) is 4.11. The molecular formula is C15H16FN5O2. The summed E-state index contributed by atoms with van der Waals surface area (Å²) in [4.78, 5) is 18.2. The van der Waals surface area contributed by atoms with E-state index >= 15 is 0 Å². The van der Waals surface area contributed by atoms with Crippen LogP contribution in [-0.4, -0.2) is 51.3 Å². The van der Waals surface area contributed by atoms with Gasteiger partial charge < -0.3 is 14.4 Å². The van der Waals surface area contributed by atoms with Gasteiger partial charge in [0.2, 0.25) is 5.95 Å². The van der Waals surface area contributed by atoms with Crippen LogP contribution in [0.5, 0.6) is 6.01 Å². The van der Waals surface area contributed by atoms with Gasteiger partial charge in [-0.05, 0) is 6.07 Å². The molecule has 2 aromatic heterocycles. The van der Waals surface area contributed by atoms with Gasteiger partial charge >= 0.3 is 6.01 Å². The van der Waals surface area contributed by atoms with E-state index in [1.54, 1.807) is 18.5 Å². The Labute approximate surface area is 132 Å². The Morgan fingerprint density at radius 3 is 2.65 bits per heavy atom. The van der Waals surface area contributed by atoms with Crippen molar-refractivity contribution in [2.75, 3.05) is 24.6 Å². The first-order valence-corrected chi connectivity index (χ1v) is 7.53. The van der Waals surface area contributed by atoms with E-state index < -0.39 is 5.82 Å². The van der Waals surface area contributed by atoms with Gasteiger partial charge in [0.25, 0.3) is 0 Å². The Morgan fingerprint density at radius 1 is 1.17 bits per heavy atom. The van der Waals surface area contributed by atoms with E-state index in [-0.39, 0.29) is 11.7 Å². The molecule has 2 fully saturated rings. The quantitative estimate of drug-likeness (QED) is 0.842. The largest absolute Gasteiger partial charge is 0.460 e. The molecule has 0 aromatic carbocycles. The van der Waals surface area contributed by atoms with E-state index in [0.717, 1.165) is 12.8 Å². The topological polar surface area (TPSA) is 73.3 Å². The molecule has 0 bridgehead atoms. The molecule has 4 heterocycles. The van der Waals surface area contributed by atoms with Crippen LogP contribution >= 0.6 is 0 Å². The van der Waals surface area contributed by atoms with Gasteiger partial charge in [-0.2, -0.15) is 0 Å². The van der Waals surface area contributed by atoms with Crippen molar-refractivity contribution < 1.29 is 13.9 Å². The minimum Gasteiger partial charge on any atom is -0.460 e. The zero-order valence-electron chi connectivity index (χ0n) is 12.4. The van der Waals surface area contributed by atoms with Gasteiger partial charge in [0, 0.05) is 25.2 Å². The lowest BCUT2D eigenvalue weighted by Crippen LogP contribution is -2.66. The average Bonchev–Trinajstić information content (AvgIpc) is 2.55. The van der Waals surface area contributed by atoms with Gasteiger partial charge in [0.05, 0.1) is 32.1 Å². The Balaban J connectivity index is 1.38. The van der Waals surface area contributed by atoms with Crippen LogP contribution in [0, 0.1) is 5.82 Å². The highest BCUT2D eigenvalue weighted by molar-refractivity contribution is 5.37. The highest BCUT2D eigenvalue weighted by Gasteiger charge is 2.49. The van der Waals surface area contributed by atoms with E-state index in [2.05, 4.69) is 19.9 Å². The third kappa shape index (κ3) is 2.94. The number of nitrogens with zero attached hydrogens (tertiary/aromatic N) is 5. The normalized spacial score (nSPS) is 22.7. The van der Waals surface area contributed by atoms with Crippen LogP contribution in [0.3, 0.4) is 0 Å². The Kier molecular flexibility index (Phi) is 3.53. The van der Waals surface area contributed by atoms with E-state index in [1.807, 2.05) is 4.90 Å². The van der Waals surface area contributed by atoms with Gasteiger partial charge in [-0.3, -0.25) is 0 Å². The van der Waals surface area contributed by atoms with Gasteiger partial charge in [-0.1, -0.05) is 0 Å². The van der Waals surface area contributed by atoms with Crippen molar-refractivity contribution in [2.45, 2.75) is 24.5 Å². The number of aromatic nitrogens is 4. The van der Waals surface area contributed by atoms with Crippen molar-refractivity contribution in [3.63, 3.8) is 0 Å². The number of rotatable bonds is 3. The highest BCUT2D eigenvalue weighted by atomic mass is 19.1. The molecule has 7 nitrogen and oxygen atoms in total. The molecule has 0 saturated carbocycles. The molecule has 1 atom stereocenters. The molecular weight excluding hydrogens is 301 g/mol.